The summed E-state index contributed by atoms with van der Waals surface area (Å²) in [6.07, 6.45) is 0.0549. The number of anilines is 2. The van der Waals surface area contributed by atoms with E-state index in [0.29, 0.717) is 55.4 Å². The van der Waals surface area contributed by atoms with Crippen molar-refractivity contribution in [2.45, 2.75) is 69.0 Å². The topological polar surface area (TPSA) is 167 Å². The number of nitrogens with one attached hydrogen (secondary N) is 3. The number of nitrogens with zero attached hydrogens (tertiary/aromatic N) is 5. The fourth-order valence-corrected chi connectivity index (χ4v) is 7.14. The molecule has 3 heterocycles. The summed E-state index contributed by atoms with van der Waals surface area (Å²) in [4.78, 5) is 41.6. The molecule has 0 unspecified atom stereocenters. The van der Waals surface area contributed by atoms with Gasteiger partial charge in [-0.2, -0.15) is 9.97 Å². The molecular weight excluding hydrogens is 660 g/mol. The van der Waals surface area contributed by atoms with Crippen molar-refractivity contribution in [2.24, 2.45) is 0 Å². The van der Waals surface area contributed by atoms with Gasteiger partial charge in [-0.1, -0.05) is 97.9 Å². The third kappa shape index (κ3) is 7.70. The van der Waals surface area contributed by atoms with Crippen LogP contribution in [0.5, 0.6) is 0 Å². The lowest BCUT2D eigenvalue weighted by Crippen LogP contribution is -2.42. The first-order valence-corrected chi connectivity index (χ1v) is 17.8. The Balaban J connectivity index is 1.16. The number of aliphatic hydroxyl groups is 2. The molecule has 1 saturated heterocycles. The summed E-state index contributed by atoms with van der Waals surface area (Å²) in [5, 5.41) is 31.5. The molecule has 1 aliphatic carbocycles. The summed E-state index contributed by atoms with van der Waals surface area (Å²) in [7, 11) is 0. The number of carbonyl (C=O) groups excluding carboxylic acids is 2. The van der Waals surface area contributed by atoms with Gasteiger partial charge in [-0.25, -0.2) is 9.78 Å². The Labute approximate surface area is 302 Å². The molecule has 0 bridgehead atoms. The van der Waals surface area contributed by atoms with Gasteiger partial charge in [0.25, 0.3) is 0 Å². The fourth-order valence-electron chi connectivity index (χ4n) is 7.14. The van der Waals surface area contributed by atoms with E-state index in [0.717, 1.165) is 16.7 Å². The van der Waals surface area contributed by atoms with Crippen LogP contribution in [-0.2, 0) is 16.1 Å². The number of benzene rings is 3. The summed E-state index contributed by atoms with van der Waals surface area (Å²) in [6.45, 7) is 3.49. The predicted molar refractivity (Wildman–Crippen MR) is 197 cm³/mol. The van der Waals surface area contributed by atoms with Crippen molar-refractivity contribution in [3.05, 3.63) is 114 Å². The molecule has 0 spiro atoms. The molecule has 7 rings (SSSR count). The Morgan fingerprint density at radius 2 is 1.58 bits per heavy atom. The van der Waals surface area contributed by atoms with Gasteiger partial charge < -0.3 is 40.4 Å². The summed E-state index contributed by atoms with van der Waals surface area (Å²) in [5.41, 5.74) is 4.21. The number of imidazole rings is 1. The Morgan fingerprint density at radius 3 is 2.25 bits per heavy atom. The molecule has 2 fully saturated rings. The van der Waals surface area contributed by atoms with Crippen LogP contribution in [0.2, 0.25) is 0 Å². The maximum Gasteiger partial charge on any atom is 0.407 e. The fraction of sp³-hybridized carbons (Fsp3) is 0.359. The van der Waals surface area contributed by atoms with E-state index in [4.69, 9.17) is 19.7 Å². The molecule has 2 aromatic heterocycles. The summed E-state index contributed by atoms with van der Waals surface area (Å²) in [6, 6.07) is 28.7. The number of hydrogen-bond donors (Lipinski definition) is 5. The molecule has 0 radical (unpaired) electrons. The molecule has 1 saturated carbocycles. The summed E-state index contributed by atoms with van der Waals surface area (Å²) in [5.74, 6) is 0.780. The monoisotopic (exact) mass is 704 g/mol. The van der Waals surface area contributed by atoms with Crippen molar-refractivity contribution >= 4 is 34.9 Å². The first-order valence-electron chi connectivity index (χ1n) is 17.8. The van der Waals surface area contributed by atoms with E-state index in [2.05, 4.69) is 40.2 Å². The lowest BCUT2D eigenvalue weighted by molar-refractivity contribution is -0.122. The number of ether oxygens (including phenoxy) is 1. The average Bonchev–Trinajstić information content (AvgIpc) is 3.90. The molecular formula is C39H44N8O5. The van der Waals surface area contributed by atoms with E-state index in [1.807, 2.05) is 71.6 Å². The molecule has 3 aromatic carbocycles. The second-order valence-electron chi connectivity index (χ2n) is 13.4. The van der Waals surface area contributed by atoms with Crippen LogP contribution >= 0.6 is 0 Å². The van der Waals surface area contributed by atoms with Gasteiger partial charge in [-0.15, -0.1) is 0 Å². The molecule has 5 aromatic rings. The summed E-state index contributed by atoms with van der Waals surface area (Å²) < 4.78 is 7.24. The molecule has 270 valence electrons. The Morgan fingerprint density at radius 1 is 0.904 bits per heavy atom. The number of amides is 2. The number of fused-ring (bicyclic) bond motifs is 1. The highest BCUT2D eigenvalue weighted by molar-refractivity contribution is 5.85. The minimum Gasteiger partial charge on any atom is -0.445 e. The van der Waals surface area contributed by atoms with Gasteiger partial charge in [0, 0.05) is 32.0 Å². The molecule has 5 N–H and O–H groups in total. The van der Waals surface area contributed by atoms with E-state index >= 15 is 0 Å². The van der Waals surface area contributed by atoms with Crippen LogP contribution in [0.4, 0.5) is 16.6 Å². The number of alkyl carbamates (subject to hydrolysis) is 1. The number of hydrogen-bond acceptors (Lipinski definition) is 10. The van der Waals surface area contributed by atoms with E-state index < -0.39 is 30.4 Å². The van der Waals surface area contributed by atoms with Crippen LogP contribution in [0.1, 0.15) is 54.8 Å². The molecule has 2 amide bonds. The molecule has 1 aliphatic heterocycles. The van der Waals surface area contributed by atoms with Gasteiger partial charge in [-0.05, 0) is 29.5 Å². The zero-order valence-corrected chi connectivity index (χ0v) is 29.0. The highest BCUT2D eigenvalue weighted by Crippen LogP contribution is 2.35. The van der Waals surface area contributed by atoms with Crippen molar-refractivity contribution < 1.29 is 24.5 Å². The predicted octanol–water partition coefficient (Wildman–Crippen LogP) is 4.14. The molecule has 13 nitrogen and oxygen atoms in total. The highest BCUT2D eigenvalue weighted by Gasteiger charge is 2.44. The standard InChI is InChI=1S/C39H44N8O5/c1-2-32(48)43-30-20-31(35(50)34(30)49)47-24-41-33-36(40-21-29(26-14-8-4-9-15-26)27-16-10-5-11-17-27)44-38(45-37(33)47)46-19-18-28(22-46)42-39(51)52-23-25-12-6-3-7-13-25/h3-17,24,28-31,34-35,49-50H,2,18-23H2,1H3,(H,42,51)(H,43,48)(H,40,44,45)/t28-,30+,31-,34-,35+/m1/s1. The molecule has 52 heavy (non-hydrogen) atoms. The zero-order chi connectivity index (χ0) is 36.0. The smallest absolute Gasteiger partial charge is 0.407 e. The second kappa shape index (κ2) is 15.8. The van der Waals surface area contributed by atoms with Crippen molar-refractivity contribution in [2.75, 3.05) is 29.9 Å². The van der Waals surface area contributed by atoms with E-state index in [9.17, 15) is 19.8 Å². The number of aliphatic hydroxyl groups excluding tert-OH is 2. The van der Waals surface area contributed by atoms with Gasteiger partial charge in [-0.3, -0.25) is 4.79 Å². The highest BCUT2D eigenvalue weighted by atomic mass is 16.5. The largest absolute Gasteiger partial charge is 0.445 e. The number of aromatic nitrogens is 4. The van der Waals surface area contributed by atoms with Crippen LogP contribution < -0.4 is 20.9 Å². The number of carbonyl (C=O) groups is 2. The van der Waals surface area contributed by atoms with Crippen molar-refractivity contribution in [1.82, 2.24) is 30.2 Å². The van der Waals surface area contributed by atoms with E-state index in [-0.39, 0.29) is 30.9 Å². The minimum absolute atomic E-state index is 0.00922. The SMILES string of the molecule is CCC(=O)N[C@H]1C[C@@H](n2cnc3c(NCC(c4ccccc4)c4ccccc4)nc(N4CC[C@@H](NC(=O)OCc5ccccc5)C4)nc32)[C@H](O)[C@@H]1O. The molecule has 5 atom stereocenters. The Hall–Kier alpha value is -5.53. The van der Waals surface area contributed by atoms with Crippen LogP contribution in [0.15, 0.2) is 97.3 Å². The van der Waals surface area contributed by atoms with Crippen LogP contribution in [0.25, 0.3) is 11.2 Å². The van der Waals surface area contributed by atoms with Crippen LogP contribution in [-0.4, -0.2) is 85.7 Å². The van der Waals surface area contributed by atoms with Crippen molar-refractivity contribution in [1.29, 1.82) is 0 Å². The van der Waals surface area contributed by atoms with Gasteiger partial charge in [0.1, 0.15) is 18.8 Å². The summed E-state index contributed by atoms with van der Waals surface area (Å²) >= 11 is 0. The minimum atomic E-state index is -1.16. The molecule has 2 aliphatic rings. The average molecular weight is 705 g/mol. The van der Waals surface area contributed by atoms with Gasteiger partial charge in [0.15, 0.2) is 17.0 Å². The Bertz CT molecular complexity index is 1920. The van der Waals surface area contributed by atoms with Gasteiger partial charge in [0.2, 0.25) is 11.9 Å². The Kier molecular flexibility index (Phi) is 10.6. The lowest BCUT2D eigenvalue weighted by atomic mass is 9.91. The van der Waals surface area contributed by atoms with Crippen molar-refractivity contribution in [3.8, 4) is 0 Å². The van der Waals surface area contributed by atoms with Gasteiger partial charge >= 0.3 is 6.09 Å². The third-order valence-electron chi connectivity index (χ3n) is 9.97. The number of rotatable bonds is 12. The zero-order valence-electron chi connectivity index (χ0n) is 29.0. The van der Waals surface area contributed by atoms with E-state index in [1.54, 1.807) is 17.8 Å². The quantitative estimate of drug-likeness (QED) is 0.127. The van der Waals surface area contributed by atoms with Crippen LogP contribution in [0.3, 0.4) is 0 Å². The van der Waals surface area contributed by atoms with Crippen molar-refractivity contribution in [3.63, 3.8) is 0 Å². The third-order valence-corrected chi connectivity index (χ3v) is 9.97. The maximum absolute atomic E-state index is 12.7. The van der Waals surface area contributed by atoms with Crippen LogP contribution in [0, 0.1) is 0 Å². The lowest BCUT2D eigenvalue weighted by Gasteiger charge is -2.22. The second-order valence-corrected chi connectivity index (χ2v) is 13.4. The normalized spacial score (nSPS) is 21.4. The van der Waals surface area contributed by atoms with Gasteiger partial charge in [0.05, 0.1) is 24.5 Å². The molecule has 13 heteroatoms. The first kappa shape index (κ1) is 34.9. The maximum atomic E-state index is 12.7. The van der Waals surface area contributed by atoms with E-state index in [1.165, 1.54) is 0 Å². The first-order chi connectivity index (χ1) is 25.4.